The first kappa shape index (κ1) is 52.6. The van der Waals surface area contributed by atoms with Gasteiger partial charge in [0.15, 0.2) is 0 Å². The van der Waals surface area contributed by atoms with Gasteiger partial charge in [0.05, 0.1) is 48.2 Å². The molecule has 57 heavy (non-hydrogen) atoms. The number of rotatable bonds is 32. The molecule has 0 saturated carbocycles. The second kappa shape index (κ2) is 27.4. The predicted octanol–water partition coefficient (Wildman–Crippen LogP) is 6.62. The minimum atomic E-state index is -0.453. The van der Waals surface area contributed by atoms with Gasteiger partial charge in [-0.05, 0) is 58.6 Å². The van der Waals surface area contributed by atoms with Gasteiger partial charge in [0.1, 0.15) is 26.4 Å². The summed E-state index contributed by atoms with van der Waals surface area (Å²) in [6.45, 7) is 24.5. The Bertz CT molecular complexity index is 1320. The standard InChI is InChI=1S/C41H74N4O10S2/c1-13-56-29-32(4)37(48)53-24-22-51-35(46)14-18-44(27-34-28-45(43-42-34)20-16-40(8,9)55-21-17-39(6,7)50-12)19-15-36(47)52-23-25-54-38(49)33(5)30-57-41(10,11)26-31(2)3/h28,31-33H,13-27,29-30H2,1-12H3. The molecule has 2 atom stereocenters. The Labute approximate surface area is 351 Å². The van der Waals surface area contributed by atoms with Crippen molar-refractivity contribution in [1.29, 1.82) is 0 Å². The van der Waals surface area contributed by atoms with E-state index in [1.165, 1.54) is 0 Å². The summed E-state index contributed by atoms with van der Waals surface area (Å²) in [5, 5.41) is 8.63. The lowest BCUT2D eigenvalue weighted by Gasteiger charge is -2.28. The molecule has 0 radical (unpaired) electrons. The summed E-state index contributed by atoms with van der Waals surface area (Å²) in [4.78, 5) is 51.9. The van der Waals surface area contributed by atoms with E-state index in [1.807, 2.05) is 59.6 Å². The number of aryl methyl sites for hydroxylation is 1. The summed E-state index contributed by atoms with van der Waals surface area (Å²) in [5.74, 6) is 0.774. The molecule has 1 aromatic heterocycles. The van der Waals surface area contributed by atoms with Crippen LogP contribution in [0.4, 0.5) is 0 Å². The number of hydrogen-bond donors (Lipinski definition) is 0. The number of thioether (sulfide) groups is 2. The van der Waals surface area contributed by atoms with Crippen LogP contribution in [0.15, 0.2) is 6.20 Å². The van der Waals surface area contributed by atoms with Gasteiger partial charge >= 0.3 is 23.9 Å². The molecule has 0 aliphatic carbocycles. The molecule has 0 saturated heterocycles. The highest BCUT2D eigenvalue weighted by atomic mass is 32.2. The molecule has 0 amide bonds. The predicted molar refractivity (Wildman–Crippen MR) is 226 cm³/mol. The molecule has 14 nitrogen and oxygen atoms in total. The minimum absolute atomic E-state index is 0.0129. The van der Waals surface area contributed by atoms with Crippen LogP contribution in [-0.4, -0.2) is 130 Å². The molecule has 0 aliphatic rings. The van der Waals surface area contributed by atoms with Crippen LogP contribution in [-0.2, 0) is 60.7 Å². The molecule has 0 spiro atoms. The molecule has 16 heteroatoms. The SMILES string of the molecule is CCSCC(C)C(=O)OCCOC(=O)CCN(CCC(=O)OCCOC(=O)C(C)CSC(C)(C)CC(C)C)Cc1cn(CCC(C)(C)OCCC(C)(C)OC)nn1. The van der Waals surface area contributed by atoms with E-state index < -0.39 is 11.9 Å². The molecule has 1 aromatic rings. The van der Waals surface area contributed by atoms with Crippen LogP contribution in [0.25, 0.3) is 0 Å². The monoisotopic (exact) mass is 846 g/mol. The van der Waals surface area contributed by atoms with Gasteiger partial charge in [-0.2, -0.15) is 23.5 Å². The van der Waals surface area contributed by atoms with Crippen LogP contribution in [0, 0.1) is 17.8 Å². The Morgan fingerprint density at radius 1 is 0.772 bits per heavy atom. The Kier molecular flexibility index (Phi) is 25.3. The summed E-state index contributed by atoms with van der Waals surface area (Å²) < 4.78 is 34.8. The molecular formula is C41H74N4O10S2. The van der Waals surface area contributed by atoms with Crippen molar-refractivity contribution in [3.8, 4) is 0 Å². The second-order valence-electron chi connectivity index (χ2n) is 16.7. The summed E-state index contributed by atoms with van der Waals surface area (Å²) >= 11 is 3.43. The molecule has 0 N–H and O–H groups in total. The van der Waals surface area contributed by atoms with E-state index in [9.17, 15) is 19.2 Å². The van der Waals surface area contributed by atoms with Gasteiger partial charge in [-0.1, -0.05) is 53.7 Å². The normalized spacial score (nSPS) is 13.4. The van der Waals surface area contributed by atoms with Gasteiger partial charge in [-0.15, -0.1) is 5.10 Å². The van der Waals surface area contributed by atoms with E-state index in [0.29, 0.717) is 49.2 Å². The van der Waals surface area contributed by atoms with Crippen molar-refractivity contribution < 1.29 is 47.6 Å². The molecule has 0 aliphatic heterocycles. The second-order valence-corrected chi connectivity index (χ2v) is 19.8. The number of hydrogen-bond acceptors (Lipinski definition) is 15. The van der Waals surface area contributed by atoms with Crippen molar-refractivity contribution in [3.05, 3.63) is 11.9 Å². The summed E-state index contributed by atoms with van der Waals surface area (Å²) in [7, 11) is 1.70. The smallest absolute Gasteiger partial charge is 0.309 e. The van der Waals surface area contributed by atoms with Gasteiger partial charge in [0, 0.05) is 55.7 Å². The van der Waals surface area contributed by atoms with Crippen LogP contribution in [0.5, 0.6) is 0 Å². The number of ether oxygens (including phenoxy) is 6. The lowest BCUT2D eigenvalue weighted by Crippen LogP contribution is -2.31. The number of carbonyl (C=O) groups is 4. The zero-order valence-electron chi connectivity index (χ0n) is 37.0. The minimum Gasteiger partial charge on any atom is -0.462 e. The van der Waals surface area contributed by atoms with Crippen molar-refractivity contribution in [3.63, 3.8) is 0 Å². The third-order valence-electron chi connectivity index (χ3n) is 9.11. The van der Waals surface area contributed by atoms with Gasteiger partial charge in [0.25, 0.3) is 0 Å². The zero-order chi connectivity index (χ0) is 43.1. The highest BCUT2D eigenvalue weighted by Gasteiger charge is 2.25. The Morgan fingerprint density at radius 3 is 1.84 bits per heavy atom. The van der Waals surface area contributed by atoms with Gasteiger partial charge < -0.3 is 28.4 Å². The number of esters is 4. The van der Waals surface area contributed by atoms with E-state index in [-0.39, 0.29) is 92.1 Å². The fraction of sp³-hybridized carbons (Fsp3) is 0.854. The molecule has 0 bridgehead atoms. The van der Waals surface area contributed by atoms with Gasteiger partial charge in [-0.25, -0.2) is 0 Å². The van der Waals surface area contributed by atoms with E-state index >= 15 is 0 Å². The summed E-state index contributed by atoms with van der Waals surface area (Å²) in [6.07, 6.45) is 4.48. The Balaban J connectivity index is 2.69. The number of aromatic nitrogens is 3. The first-order chi connectivity index (χ1) is 26.7. The van der Waals surface area contributed by atoms with Gasteiger partial charge in [-0.3, -0.25) is 28.8 Å². The summed E-state index contributed by atoms with van der Waals surface area (Å²) in [5.41, 5.74) is 0.0351. The van der Waals surface area contributed by atoms with Crippen LogP contribution in [0.3, 0.4) is 0 Å². The van der Waals surface area contributed by atoms with E-state index in [0.717, 1.165) is 18.6 Å². The number of carbonyl (C=O) groups excluding carboxylic acids is 4. The lowest BCUT2D eigenvalue weighted by molar-refractivity contribution is -0.154. The number of methoxy groups -OCH3 is 1. The van der Waals surface area contributed by atoms with Crippen molar-refractivity contribution in [2.45, 2.75) is 137 Å². The fourth-order valence-corrected chi connectivity index (χ4v) is 7.51. The first-order valence-electron chi connectivity index (χ1n) is 20.3. The lowest BCUT2D eigenvalue weighted by atomic mass is 10.0. The van der Waals surface area contributed by atoms with Crippen molar-refractivity contribution in [2.75, 3.05) is 70.5 Å². The molecular weight excluding hydrogens is 773 g/mol. The average Bonchev–Trinajstić information content (AvgIpc) is 3.59. The summed E-state index contributed by atoms with van der Waals surface area (Å²) in [6, 6.07) is 0. The average molecular weight is 847 g/mol. The van der Waals surface area contributed by atoms with E-state index in [4.69, 9.17) is 28.4 Å². The topological polar surface area (TPSA) is 158 Å². The maximum atomic E-state index is 12.7. The molecule has 2 unspecified atom stereocenters. The van der Waals surface area contributed by atoms with Crippen LogP contribution in [0.2, 0.25) is 0 Å². The maximum absolute atomic E-state index is 12.7. The molecule has 1 heterocycles. The number of nitrogens with zero attached hydrogens (tertiary/aromatic N) is 4. The van der Waals surface area contributed by atoms with Crippen molar-refractivity contribution >= 4 is 47.4 Å². The van der Waals surface area contributed by atoms with Crippen LogP contribution in [0.1, 0.15) is 114 Å². The Hall–Kier alpha value is -2.40. The first-order valence-corrected chi connectivity index (χ1v) is 22.5. The quantitative estimate of drug-likeness (QED) is 0.0433. The van der Waals surface area contributed by atoms with E-state index in [2.05, 4.69) is 38.0 Å². The molecule has 330 valence electrons. The van der Waals surface area contributed by atoms with Crippen LogP contribution >= 0.6 is 23.5 Å². The van der Waals surface area contributed by atoms with Crippen LogP contribution < -0.4 is 0 Å². The maximum Gasteiger partial charge on any atom is 0.309 e. The Morgan fingerprint density at radius 2 is 1.32 bits per heavy atom. The van der Waals surface area contributed by atoms with E-state index in [1.54, 1.807) is 35.3 Å². The fourth-order valence-electron chi connectivity index (χ4n) is 5.50. The largest absolute Gasteiger partial charge is 0.462 e. The third-order valence-corrected chi connectivity index (χ3v) is 11.9. The van der Waals surface area contributed by atoms with Crippen molar-refractivity contribution in [2.24, 2.45) is 17.8 Å². The molecule has 1 rings (SSSR count). The highest BCUT2D eigenvalue weighted by Crippen LogP contribution is 2.32. The van der Waals surface area contributed by atoms with Gasteiger partial charge in [0.2, 0.25) is 0 Å². The molecule has 0 fully saturated rings. The molecule has 0 aromatic carbocycles. The highest BCUT2D eigenvalue weighted by molar-refractivity contribution is 8.00. The zero-order valence-corrected chi connectivity index (χ0v) is 38.7. The third kappa shape index (κ3) is 25.6. The van der Waals surface area contributed by atoms with Crippen molar-refractivity contribution in [1.82, 2.24) is 19.9 Å².